The van der Waals surface area contributed by atoms with Crippen LogP contribution in [0.2, 0.25) is 0 Å². The molecule has 120 valence electrons. The van der Waals surface area contributed by atoms with E-state index < -0.39 is 0 Å². The Morgan fingerprint density at radius 3 is 2.13 bits per heavy atom. The van der Waals surface area contributed by atoms with E-state index in [-0.39, 0.29) is 5.78 Å². The highest BCUT2D eigenvalue weighted by molar-refractivity contribution is 6.09. The molecule has 0 spiro atoms. The summed E-state index contributed by atoms with van der Waals surface area (Å²) in [5.74, 6) is 1.04. The Kier molecular flexibility index (Phi) is 5.25. The second kappa shape index (κ2) is 7.35. The maximum absolute atomic E-state index is 12.4. The third kappa shape index (κ3) is 3.63. The van der Waals surface area contributed by atoms with E-state index in [0.29, 0.717) is 28.5 Å². The molecule has 0 aliphatic carbocycles. The fourth-order valence-corrected chi connectivity index (χ4v) is 2.16. The number of ether oxygens (including phenoxy) is 3. The molecule has 2 aromatic carbocycles. The van der Waals surface area contributed by atoms with E-state index in [1.807, 2.05) is 12.1 Å². The van der Waals surface area contributed by atoms with Gasteiger partial charge in [-0.2, -0.15) is 0 Å². The zero-order valence-corrected chi connectivity index (χ0v) is 13.3. The van der Waals surface area contributed by atoms with Gasteiger partial charge in [0.2, 0.25) is 5.75 Å². The van der Waals surface area contributed by atoms with Crippen molar-refractivity contribution < 1.29 is 19.0 Å². The van der Waals surface area contributed by atoms with Gasteiger partial charge in [-0.25, -0.2) is 0 Å². The summed E-state index contributed by atoms with van der Waals surface area (Å²) < 4.78 is 15.8. The summed E-state index contributed by atoms with van der Waals surface area (Å²) in [6, 6.07) is 10.6. The van der Waals surface area contributed by atoms with Crippen LogP contribution < -0.4 is 19.9 Å². The van der Waals surface area contributed by atoms with E-state index in [4.69, 9.17) is 19.9 Å². The topological polar surface area (TPSA) is 70.8 Å². The minimum absolute atomic E-state index is 0.195. The Hall–Kier alpha value is -2.95. The van der Waals surface area contributed by atoms with Crippen LogP contribution >= 0.6 is 0 Å². The van der Waals surface area contributed by atoms with Crippen LogP contribution in [-0.4, -0.2) is 27.1 Å². The maximum atomic E-state index is 12.4. The van der Waals surface area contributed by atoms with Crippen molar-refractivity contribution in [2.45, 2.75) is 0 Å². The van der Waals surface area contributed by atoms with Gasteiger partial charge in [0.15, 0.2) is 17.3 Å². The molecule has 0 unspecified atom stereocenters. The molecule has 0 saturated heterocycles. The summed E-state index contributed by atoms with van der Waals surface area (Å²) in [6.07, 6.45) is 3.20. The standard InChI is InChI=1S/C18H19NO4/c1-21-16-11-9-14(17(22-2)18(16)23-3)15(20)10-6-12-4-7-13(19)8-5-12/h4-11H,19H2,1-3H3. The van der Waals surface area contributed by atoms with Gasteiger partial charge in [0.25, 0.3) is 0 Å². The molecule has 2 N–H and O–H groups in total. The van der Waals surface area contributed by atoms with E-state index in [9.17, 15) is 4.79 Å². The van der Waals surface area contributed by atoms with Crippen molar-refractivity contribution in [1.29, 1.82) is 0 Å². The van der Waals surface area contributed by atoms with Gasteiger partial charge in [-0.05, 0) is 35.9 Å². The van der Waals surface area contributed by atoms with Gasteiger partial charge < -0.3 is 19.9 Å². The van der Waals surface area contributed by atoms with Crippen LogP contribution in [0.4, 0.5) is 5.69 Å². The number of benzene rings is 2. The van der Waals surface area contributed by atoms with Gasteiger partial charge in [-0.3, -0.25) is 4.79 Å². The largest absolute Gasteiger partial charge is 0.493 e. The molecule has 0 fully saturated rings. The monoisotopic (exact) mass is 313 g/mol. The van der Waals surface area contributed by atoms with Gasteiger partial charge in [0, 0.05) is 5.69 Å². The van der Waals surface area contributed by atoms with Crippen LogP contribution in [0.3, 0.4) is 0 Å². The lowest BCUT2D eigenvalue weighted by molar-refractivity contribution is 0.104. The summed E-state index contributed by atoms with van der Waals surface area (Å²) in [5, 5.41) is 0. The molecule has 2 rings (SSSR count). The first-order chi connectivity index (χ1) is 11.1. The minimum atomic E-state index is -0.195. The first-order valence-corrected chi connectivity index (χ1v) is 6.97. The molecular weight excluding hydrogens is 294 g/mol. The summed E-state index contributed by atoms with van der Waals surface area (Å²) >= 11 is 0. The molecule has 0 atom stereocenters. The van der Waals surface area contributed by atoms with E-state index in [2.05, 4.69) is 0 Å². The fourth-order valence-electron chi connectivity index (χ4n) is 2.16. The van der Waals surface area contributed by atoms with E-state index in [0.717, 1.165) is 5.56 Å². The molecule has 0 heterocycles. The molecule has 0 aliphatic rings. The number of anilines is 1. The first kappa shape index (κ1) is 16.4. The highest BCUT2D eigenvalue weighted by Gasteiger charge is 2.19. The van der Waals surface area contributed by atoms with Crippen LogP contribution in [0.15, 0.2) is 42.5 Å². The summed E-state index contributed by atoms with van der Waals surface area (Å²) in [7, 11) is 4.51. The summed E-state index contributed by atoms with van der Waals surface area (Å²) in [5.41, 5.74) is 7.59. The van der Waals surface area contributed by atoms with Gasteiger partial charge >= 0.3 is 0 Å². The zero-order chi connectivity index (χ0) is 16.8. The number of ketones is 1. The maximum Gasteiger partial charge on any atom is 0.204 e. The zero-order valence-electron chi connectivity index (χ0n) is 13.3. The number of rotatable bonds is 6. The molecule has 0 amide bonds. The Balaban J connectivity index is 2.33. The average Bonchev–Trinajstić information content (AvgIpc) is 2.59. The normalized spacial score (nSPS) is 10.6. The predicted octanol–water partition coefficient (Wildman–Crippen LogP) is 3.19. The van der Waals surface area contributed by atoms with Crippen molar-refractivity contribution in [2.75, 3.05) is 27.1 Å². The second-order valence-corrected chi connectivity index (χ2v) is 4.75. The SMILES string of the molecule is COc1ccc(C(=O)C=Cc2ccc(N)cc2)c(OC)c1OC. The van der Waals surface area contributed by atoms with Crippen molar-refractivity contribution in [3.8, 4) is 17.2 Å². The number of methoxy groups -OCH3 is 3. The Morgan fingerprint density at radius 1 is 0.913 bits per heavy atom. The number of hydrogen-bond donors (Lipinski definition) is 1. The van der Waals surface area contributed by atoms with E-state index in [1.165, 1.54) is 27.4 Å². The number of carbonyl (C=O) groups is 1. The minimum Gasteiger partial charge on any atom is -0.493 e. The molecule has 0 aliphatic heterocycles. The van der Waals surface area contributed by atoms with Crippen molar-refractivity contribution in [2.24, 2.45) is 0 Å². The fraction of sp³-hybridized carbons (Fsp3) is 0.167. The molecule has 0 radical (unpaired) electrons. The lowest BCUT2D eigenvalue weighted by atomic mass is 10.1. The number of nitrogens with two attached hydrogens (primary N) is 1. The summed E-state index contributed by atoms with van der Waals surface area (Å²) in [6.45, 7) is 0. The smallest absolute Gasteiger partial charge is 0.204 e. The van der Waals surface area contributed by atoms with Gasteiger partial charge in [-0.15, -0.1) is 0 Å². The van der Waals surface area contributed by atoms with Crippen LogP contribution in [0.5, 0.6) is 17.2 Å². The van der Waals surface area contributed by atoms with Crippen molar-refractivity contribution in [1.82, 2.24) is 0 Å². The Morgan fingerprint density at radius 2 is 1.57 bits per heavy atom. The summed E-state index contributed by atoms with van der Waals surface area (Å²) in [4.78, 5) is 12.4. The number of nitrogen functional groups attached to an aromatic ring is 1. The number of allylic oxidation sites excluding steroid dienone is 1. The quantitative estimate of drug-likeness (QED) is 0.504. The van der Waals surface area contributed by atoms with Crippen LogP contribution in [0.1, 0.15) is 15.9 Å². The molecule has 0 aromatic heterocycles. The van der Waals surface area contributed by atoms with Gasteiger partial charge in [-0.1, -0.05) is 18.2 Å². The Labute approximate surface area is 135 Å². The molecule has 2 aromatic rings. The molecule has 5 nitrogen and oxygen atoms in total. The van der Waals surface area contributed by atoms with Gasteiger partial charge in [0.1, 0.15) is 0 Å². The lowest BCUT2D eigenvalue weighted by Gasteiger charge is -2.14. The molecule has 0 saturated carbocycles. The van der Waals surface area contributed by atoms with Crippen LogP contribution in [0.25, 0.3) is 6.08 Å². The van der Waals surface area contributed by atoms with Crippen molar-refractivity contribution in [3.63, 3.8) is 0 Å². The lowest BCUT2D eigenvalue weighted by Crippen LogP contribution is -2.02. The second-order valence-electron chi connectivity index (χ2n) is 4.75. The third-order valence-corrected chi connectivity index (χ3v) is 3.33. The number of hydrogen-bond acceptors (Lipinski definition) is 5. The third-order valence-electron chi connectivity index (χ3n) is 3.33. The van der Waals surface area contributed by atoms with E-state index in [1.54, 1.807) is 30.3 Å². The van der Waals surface area contributed by atoms with Crippen molar-refractivity contribution >= 4 is 17.5 Å². The highest BCUT2D eigenvalue weighted by atomic mass is 16.5. The van der Waals surface area contributed by atoms with Crippen LogP contribution in [-0.2, 0) is 0 Å². The van der Waals surface area contributed by atoms with Crippen molar-refractivity contribution in [3.05, 3.63) is 53.6 Å². The average molecular weight is 313 g/mol. The molecule has 0 bridgehead atoms. The van der Waals surface area contributed by atoms with Gasteiger partial charge in [0.05, 0.1) is 26.9 Å². The molecular formula is C18H19NO4. The Bertz CT molecular complexity index is 721. The predicted molar refractivity (Wildman–Crippen MR) is 90.3 cm³/mol. The highest BCUT2D eigenvalue weighted by Crippen LogP contribution is 2.40. The molecule has 23 heavy (non-hydrogen) atoms. The van der Waals surface area contributed by atoms with Crippen LogP contribution in [0, 0.1) is 0 Å². The molecule has 5 heteroatoms. The number of carbonyl (C=O) groups excluding carboxylic acids is 1. The first-order valence-electron chi connectivity index (χ1n) is 6.97. The van der Waals surface area contributed by atoms with E-state index >= 15 is 0 Å².